The summed E-state index contributed by atoms with van der Waals surface area (Å²) < 4.78 is 1.90. The van der Waals surface area contributed by atoms with E-state index in [9.17, 15) is 0 Å². The molecule has 1 aromatic carbocycles. The molecule has 1 N–H and O–H groups in total. The maximum Gasteiger partial charge on any atom is 0.214 e. The summed E-state index contributed by atoms with van der Waals surface area (Å²) in [6.45, 7) is 0. The highest BCUT2D eigenvalue weighted by atomic mass is 32.1. The molecule has 0 atom stereocenters. The van der Waals surface area contributed by atoms with Crippen LogP contribution in [-0.2, 0) is 0 Å². The summed E-state index contributed by atoms with van der Waals surface area (Å²) in [5.41, 5.74) is 3.29. The van der Waals surface area contributed by atoms with Crippen LogP contribution >= 0.6 is 11.3 Å². The predicted molar refractivity (Wildman–Crippen MR) is 101 cm³/mol. The van der Waals surface area contributed by atoms with E-state index >= 15 is 0 Å². The molecule has 2 aromatic heterocycles. The molecule has 0 radical (unpaired) electrons. The van der Waals surface area contributed by atoms with Crippen molar-refractivity contribution >= 4 is 27.1 Å². The van der Waals surface area contributed by atoms with Crippen LogP contribution in [-0.4, -0.2) is 34.7 Å². The first-order valence-corrected chi connectivity index (χ1v) is 9.42. The van der Waals surface area contributed by atoms with Gasteiger partial charge in [-0.1, -0.05) is 48.8 Å². The predicted octanol–water partition coefficient (Wildman–Crippen LogP) is 4.27. The zero-order valence-electron chi connectivity index (χ0n) is 14.2. The van der Waals surface area contributed by atoms with Crippen LogP contribution in [0.3, 0.4) is 0 Å². The molecule has 2 heterocycles. The SMILES string of the molecule is CN(C)c1ccccc1-c1cn2nc(NC3CCCCC3)sc2n1. The van der Waals surface area contributed by atoms with E-state index < -0.39 is 0 Å². The van der Waals surface area contributed by atoms with Gasteiger partial charge >= 0.3 is 0 Å². The Bertz CT molecular complexity index is 797. The van der Waals surface area contributed by atoms with Gasteiger partial charge in [0.05, 0.1) is 11.9 Å². The van der Waals surface area contributed by atoms with E-state index in [1.807, 2.05) is 10.7 Å². The lowest BCUT2D eigenvalue weighted by atomic mass is 9.96. The summed E-state index contributed by atoms with van der Waals surface area (Å²) in [6.07, 6.45) is 8.55. The van der Waals surface area contributed by atoms with E-state index in [1.54, 1.807) is 11.3 Å². The van der Waals surface area contributed by atoms with Crippen LogP contribution in [0.2, 0.25) is 0 Å². The summed E-state index contributed by atoms with van der Waals surface area (Å²) in [5, 5.41) is 9.24. The average Bonchev–Trinajstić information content (AvgIpc) is 3.14. The lowest BCUT2D eigenvalue weighted by Crippen LogP contribution is -2.22. The highest BCUT2D eigenvalue weighted by Gasteiger charge is 2.17. The third-order valence-electron chi connectivity index (χ3n) is 4.64. The Hall–Kier alpha value is -2.08. The normalized spacial score (nSPS) is 15.8. The van der Waals surface area contributed by atoms with Gasteiger partial charge in [-0.25, -0.2) is 9.50 Å². The standard InChI is InChI=1S/C18H23N5S/c1-22(2)16-11-7-6-10-14(16)15-12-23-18(20-15)24-17(21-23)19-13-8-4-3-5-9-13/h6-7,10-13H,3-5,8-9H2,1-2H3,(H,19,21). The maximum atomic E-state index is 4.79. The number of hydrogen-bond acceptors (Lipinski definition) is 5. The Morgan fingerprint density at radius 3 is 2.71 bits per heavy atom. The van der Waals surface area contributed by atoms with E-state index in [1.165, 1.54) is 37.8 Å². The zero-order valence-corrected chi connectivity index (χ0v) is 15.0. The molecule has 1 aliphatic rings. The van der Waals surface area contributed by atoms with Gasteiger partial charge in [0, 0.05) is 31.4 Å². The van der Waals surface area contributed by atoms with Crippen molar-refractivity contribution in [1.29, 1.82) is 0 Å². The fourth-order valence-corrected chi connectivity index (χ4v) is 4.25. The topological polar surface area (TPSA) is 45.5 Å². The molecule has 0 spiro atoms. The summed E-state index contributed by atoms with van der Waals surface area (Å²) in [7, 11) is 4.11. The van der Waals surface area contributed by atoms with Crippen LogP contribution in [0.1, 0.15) is 32.1 Å². The Balaban J connectivity index is 1.60. The van der Waals surface area contributed by atoms with Crippen LogP contribution in [0.5, 0.6) is 0 Å². The number of fused-ring (bicyclic) bond motifs is 1. The quantitative estimate of drug-likeness (QED) is 0.770. The van der Waals surface area contributed by atoms with E-state index in [-0.39, 0.29) is 0 Å². The molecule has 3 aromatic rings. The summed E-state index contributed by atoms with van der Waals surface area (Å²) >= 11 is 1.64. The molecular weight excluding hydrogens is 318 g/mol. The monoisotopic (exact) mass is 341 g/mol. The maximum absolute atomic E-state index is 4.79. The first-order valence-electron chi connectivity index (χ1n) is 8.60. The van der Waals surface area contributed by atoms with Crippen LogP contribution in [0.25, 0.3) is 16.2 Å². The number of imidazole rings is 1. The van der Waals surface area contributed by atoms with Crippen molar-refractivity contribution in [3.63, 3.8) is 0 Å². The number of benzene rings is 1. The minimum atomic E-state index is 0.573. The number of rotatable bonds is 4. The van der Waals surface area contributed by atoms with Crippen molar-refractivity contribution in [3.05, 3.63) is 30.5 Å². The van der Waals surface area contributed by atoms with Crippen LogP contribution in [0.4, 0.5) is 10.8 Å². The van der Waals surface area contributed by atoms with Gasteiger partial charge < -0.3 is 10.2 Å². The lowest BCUT2D eigenvalue weighted by molar-refractivity contribution is 0.462. The Morgan fingerprint density at radius 1 is 1.17 bits per heavy atom. The third-order valence-corrected chi connectivity index (χ3v) is 5.49. The van der Waals surface area contributed by atoms with E-state index in [4.69, 9.17) is 4.98 Å². The van der Waals surface area contributed by atoms with Gasteiger partial charge in [0.25, 0.3) is 0 Å². The number of nitrogens with zero attached hydrogens (tertiary/aromatic N) is 4. The summed E-state index contributed by atoms with van der Waals surface area (Å²) in [4.78, 5) is 7.85. The second kappa shape index (κ2) is 6.43. The van der Waals surface area contributed by atoms with Crippen molar-refractivity contribution in [1.82, 2.24) is 14.6 Å². The highest BCUT2D eigenvalue weighted by molar-refractivity contribution is 7.20. The molecule has 0 unspecified atom stereocenters. The molecule has 0 bridgehead atoms. The van der Waals surface area contributed by atoms with Crippen molar-refractivity contribution in [2.24, 2.45) is 0 Å². The molecule has 1 saturated carbocycles. The van der Waals surface area contributed by atoms with E-state index in [0.29, 0.717) is 6.04 Å². The second-order valence-electron chi connectivity index (χ2n) is 6.65. The average molecular weight is 341 g/mol. The van der Waals surface area contributed by atoms with Gasteiger partial charge in [-0.2, -0.15) is 0 Å². The second-order valence-corrected chi connectivity index (χ2v) is 7.61. The Morgan fingerprint density at radius 2 is 1.96 bits per heavy atom. The molecular formula is C18H23N5S. The number of nitrogens with one attached hydrogen (secondary N) is 1. The molecule has 6 heteroatoms. The number of hydrogen-bond donors (Lipinski definition) is 1. The summed E-state index contributed by atoms with van der Waals surface area (Å²) in [5.74, 6) is 0. The molecule has 0 saturated heterocycles. The van der Waals surface area contributed by atoms with Crippen molar-refractivity contribution < 1.29 is 0 Å². The smallest absolute Gasteiger partial charge is 0.214 e. The molecule has 0 aliphatic heterocycles. The Labute approximate surface area is 146 Å². The number of aromatic nitrogens is 3. The van der Waals surface area contributed by atoms with Gasteiger partial charge in [-0.3, -0.25) is 0 Å². The number of para-hydroxylation sites is 1. The van der Waals surface area contributed by atoms with Crippen LogP contribution in [0, 0.1) is 0 Å². The molecule has 1 fully saturated rings. The minimum Gasteiger partial charge on any atom is -0.377 e. The van der Waals surface area contributed by atoms with Gasteiger partial charge in [-0.05, 0) is 18.9 Å². The molecule has 1 aliphatic carbocycles. The van der Waals surface area contributed by atoms with Crippen LogP contribution < -0.4 is 10.2 Å². The van der Waals surface area contributed by atoms with E-state index in [2.05, 4.69) is 53.7 Å². The minimum absolute atomic E-state index is 0.573. The molecule has 5 nitrogen and oxygen atoms in total. The molecule has 24 heavy (non-hydrogen) atoms. The first-order chi connectivity index (χ1) is 11.7. The third kappa shape index (κ3) is 2.98. The molecule has 126 valence electrons. The summed E-state index contributed by atoms with van der Waals surface area (Å²) in [6, 6.07) is 8.92. The van der Waals surface area contributed by atoms with Crippen molar-refractivity contribution in [2.75, 3.05) is 24.3 Å². The van der Waals surface area contributed by atoms with Gasteiger partial charge in [0.15, 0.2) is 0 Å². The fourth-order valence-electron chi connectivity index (χ4n) is 3.39. The van der Waals surface area contributed by atoms with Gasteiger partial charge in [-0.15, -0.1) is 5.10 Å². The van der Waals surface area contributed by atoms with Crippen molar-refractivity contribution in [3.8, 4) is 11.3 Å². The zero-order chi connectivity index (χ0) is 16.5. The molecule has 4 rings (SSSR count). The van der Waals surface area contributed by atoms with Gasteiger partial charge in [0.2, 0.25) is 10.1 Å². The van der Waals surface area contributed by atoms with E-state index in [0.717, 1.165) is 21.3 Å². The lowest BCUT2D eigenvalue weighted by Gasteiger charge is -2.21. The Kier molecular flexibility index (Phi) is 4.14. The van der Waals surface area contributed by atoms with Gasteiger partial charge in [0.1, 0.15) is 0 Å². The first kappa shape index (κ1) is 15.4. The largest absolute Gasteiger partial charge is 0.377 e. The number of anilines is 2. The molecule has 0 amide bonds. The fraction of sp³-hybridized carbons (Fsp3) is 0.444. The highest BCUT2D eigenvalue weighted by Crippen LogP contribution is 2.31. The van der Waals surface area contributed by atoms with Crippen LogP contribution in [0.15, 0.2) is 30.5 Å². The van der Waals surface area contributed by atoms with Crippen molar-refractivity contribution in [2.45, 2.75) is 38.1 Å².